The highest BCUT2D eigenvalue weighted by Gasteiger charge is 2.18. The Bertz CT molecular complexity index is 2480. The van der Waals surface area contributed by atoms with Crippen molar-refractivity contribution in [1.29, 1.82) is 0 Å². The highest BCUT2D eigenvalue weighted by molar-refractivity contribution is 14.1. The molecule has 0 fully saturated rings. The maximum atomic E-state index is 6.96. The molecule has 0 heterocycles. The molecule has 256 valence electrons. The molecular formula is C48H33BrClIN2. The molecule has 8 aromatic carbocycles. The van der Waals surface area contributed by atoms with Crippen molar-refractivity contribution in [2.24, 2.45) is 0 Å². The number of rotatable bonds is 9. The predicted molar refractivity (Wildman–Crippen MR) is 238 cm³/mol. The van der Waals surface area contributed by atoms with Crippen molar-refractivity contribution in [2.75, 3.05) is 10.6 Å². The summed E-state index contributed by atoms with van der Waals surface area (Å²) in [5.41, 5.74) is 14.9. The maximum absolute atomic E-state index is 6.96. The summed E-state index contributed by atoms with van der Waals surface area (Å²) < 4.78 is 2.23. The molecule has 0 radical (unpaired) electrons. The molecule has 8 aromatic rings. The number of halogens is 3. The lowest BCUT2D eigenvalue weighted by Gasteiger charge is -2.21. The Morgan fingerprint density at radius 1 is 0.377 bits per heavy atom. The van der Waals surface area contributed by atoms with Crippen LogP contribution in [0.15, 0.2) is 193 Å². The SMILES string of the molecule is Clc1cc(Nc2c(-c3ccccc3)cccc2-c2ccccc2)cc(Nc2c(-c3ccccc3)cccc2-c2ccccc2-c2cc(I)ccc2Br)c1. The normalized spacial score (nSPS) is 10.9. The van der Waals surface area contributed by atoms with Gasteiger partial charge in [0, 0.05) is 46.7 Å². The minimum absolute atomic E-state index is 0.623. The molecule has 2 N–H and O–H groups in total. The van der Waals surface area contributed by atoms with Crippen LogP contribution in [0.4, 0.5) is 22.7 Å². The molecule has 53 heavy (non-hydrogen) atoms. The van der Waals surface area contributed by atoms with E-state index in [2.05, 4.69) is 213 Å². The molecule has 2 nitrogen and oxygen atoms in total. The van der Waals surface area contributed by atoms with Crippen LogP contribution < -0.4 is 10.6 Å². The number of hydrogen-bond acceptors (Lipinski definition) is 2. The topological polar surface area (TPSA) is 24.1 Å². The number of benzene rings is 8. The average molecular weight is 880 g/mol. The van der Waals surface area contributed by atoms with Gasteiger partial charge in [0.05, 0.1) is 11.4 Å². The van der Waals surface area contributed by atoms with Crippen LogP contribution in [-0.4, -0.2) is 0 Å². The predicted octanol–water partition coefficient (Wildman–Crippen LogP) is 15.5. The van der Waals surface area contributed by atoms with E-state index in [4.69, 9.17) is 11.6 Å². The Labute approximate surface area is 337 Å². The second-order valence-corrected chi connectivity index (χ2v) is 15.2. The zero-order chi connectivity index (χ0) is 36.1. The second-order valence-electron chi connectivity index (χ2n) is 12.7. The zero-order valence-electron chi connectivity index (χ0n) is 28.5. The molecule has 5 heteroatoms. The lowest BCUT2D eigenvalue weighted by Crippen LogP contribution is -2.00. The largest absolute Gasteiger partial charge is 0.354 e. The van der Waals surface area contributed by atoms with Gasteiger partial charge >= 0.3 is 0 Å². The first-order chi connectivity index (χ1) is 26.0. The Morgan fingerprint density at radius 3 is 1.26 bits per heavy atom. The van der Waals surface area contributed by atoms with Gasteiger partial charge in [0.1, 0.15) is 0 Å². The highest BCUT2D eigenvalue weighted by atomic mass is 127. The average Bonchev–Trinajstić information content (AvgIpc) is 3.20. The van der Waals surface area contributed by atoms with Gasteiger partial charge in [-0.15, -0.1) is 0 Å². The fourth-order valence-electron chi connectivity index (χ4n) is 6.85. The van der Waals surface area contributed by atoms with Crippen LogP contribution in [0.2, 0.25) is 5.02 Å². The van der Waals surface area contributed by atoms with E-state index in [9.17, 15) is 0 Å². The lowest BCUT2D eigenvalue weighted by atomic mass is 9.90. The smallest absolute Gasteiger partial charge is 0.0543 e. The van der Waals surface area contributed by atoms with Crippen LogP contribution in [0.25, 0.3) is 55.6 Å². The summed E-state index contributed by atoms with van der Waals surface area (Å²) in [5.74, 6) is 0. The summed E-state index contributed by atoms with van der Waals surface area (Å²) in [6.45, 7) is 0. The van der Waals surface area contributed by atoms with E-state index < -0.39 is 0 Å². The minimum atomic E-state index is 0.623. The third-order valence-electron chi connectivity index (χ3n) is 9.26. The van der Waals surface area contributed by atoms with Crippen LogP contribution >= 0.6 is 50.1 Å². The van der Waals surface area contributed by atoms with Gasteiger partial charge < -0.3 is 10.6 Å². The van der Waals surface area contributed by atoms with Crippen molar-refractivity contribution < 1.29 is 0 Å². The Kier molecular flexibility index (Phi) is 10.4. The van der Waals surface area contributed by atoms with Crippen molar-refractivity contribution in [3.8, 4) is 55.6 Å². The van der Waals surface area contributed by atoms with E-state index in [0.717, 1.165) is 82.9 Å². The Morgan fingerprint density at radius 2 is 0.774 bits per heavy atom. The molecule has 0 aliphatic rings. The fourth-order valence-corrected chi connectivity index (χ4v) is 8.04. The standard InChI is InChI=1S/C48H33BrClIN2/c49-46-27-26-36(51)30-45(46)43-21-11-10-20-42(43)44-25-13-24-41(34-18-8-3-9-19-34)48(44)53-38-29-35(50)28-37(31-38)52-47-39(32-14-4-1-5-15-32)22-12-23-40(47)33-16-6-2-7-17-33/h1-31,52-53H. The minimum Gasteiger partial charge on any atom is -0.354 e. The number of anilines is 4. The zero-order valence-corrected chi connectivity index (χ0v) is 33.0. The van der Waals surface area contributed by atoms with Gasteiger partial charge in [0.15, 0.2) is 0 Å². The van der Waals surface area contributed by atoms with Crippen LogP contribution in [0, 0.1) is 3.57 Å². The molecule has 0 unspecified atom stereocenters. The molecule has 8 rings (SSSR count). The van der Waals surface area contributed by atoms with Gasteiger partial charge in [-0.25, -0.2) is 0 Å². The molecule has 0 saturated heterocycles. The third kappa shape index (κ3) is 7.67. The van der Waals surface area contributed by atoms with Crippen LogP contribution in [0.3, 0.4) is 0 Å². The molecule has 0 saturated carbocycles. The van der Waals surface area contributed by atoms with Gasteiger partial charge in [-0.1, -0.05) is 179 Å². The molecule has 0 aromatic heterocycles. The quantitative estimate of drug-likeness (QED) is 0.141. The Balaban J connectivity index is 1.26. The van der Waals surface area contributed by atoms with E-state index in [0.29, 0.717) is 5.02 Å². The van der Waals surface area contributed by atoms with E-state index in [1.165, 1.54) is 3.57 Å². The third-order valence-corrected chi connectivity index (χ3v) is 10.8. The van der Waals surface area contributed by atoms with E-state index in [-0.39, 0.29) is 0 Å². The van der Waals surface area contributed by atoms with Gasteiger partial charge in [-0.3, -0.25) is 0 Å². The Hall–Kier alpha value is -5.14. The molecule has 0 aliphatic carbocycles. The van der Waals surface area contributed by atoms with Crippen LogP contribution in [-0.2, 0) is 0 Å². The summed E-state index contributed by atoms with van der Waals surface area (Å²) in [4.78, 5) is 0. The molecule has 0 bridgehead atoms. The van der Waals surface area contributed by atoms with Gasteiger partial charge in [-0.05, 0) is 92.4 Å². The van der Waals surface area contributed by atoms with Gasteiger partial charge in [0.25, 0.3) is 0 Å². The van der Waals surface area contributed by atoms with E-state index >= 15 is 0 Å². The molecule has 0 amide bonds. The van der Waals surface area contributed by atoms with Crippen LogP contribution in [0.5, 0.6) is 0 Å². The number of hydrogen-bond donors (Lipinski definition) is 2. The van der Waals surface area contributed by atoms with E-state index in [1.54, 1.807) is 0 Å². The van der Waals surface area contributed by atoms with Crippen LogP contribution in [0.1, 0.15) is 0 Å². The molecular weight excluding hydrogens is 847 g/mol. The summed E-state index contributed by atoms with van der Waals surface area (Å²) in [5, 5.41) is 8.30. The van der Waals surface area contributed by atoms with Gasteiger partial charge in [0.2, 0.25) is 0 Å². The summed E-state index contributed by atoms with van der Waals surface area (Å²) in [7, 11) is 0. The van der Waals surface area contributed by atoms with Crippen molar-refractivity contribution in [1.82, 2.24) is 0 Å². The summed E-state index contributed by atoms with van der Waals surface area (Å²) in [6, 6.07) is 65.7. The maximum Gasteiger partial charge on any atom is 0.0543 e. The summed E-state index contributed by atoms with van der Waals surface area (Å²) in [6.07, 6.45) is 0. The van der Waals surface area contributed by atoms with E-state index in [1.807, 2.05) is 24.3 Å². The number of nitrogens with one attached hydrogen (secondary N) is 2. The molecule has 0 spiro atoms. The lowest BCUT2D eigenvalue weighted by molar-refractivity contribution is 1.49. The summed E-state index contributed by atoms with van der Waals surface area (Å²) >= 11 is 13.2. The highest BCUT2D eigenvalue weighted by Crippen LogP contribution is 2.45. The van der Waals surface area contributed by atoms with Crippen molar-refractivity contribution >= 4 is 72.9 Å². The van der Waals surface area contributed by atoms with Gasteiger partial charge in [-0.2, -0.15) is 0 Å². The first kappa shape index (κ1) is 34.9. The monoisotopic (exact) mass is 878 g/mol. The van der Waals surface area contributed by atoms with Crippen molar-refractivity contribution in [3.05, 3.63) is 201 Å². The molecule has 0 aliphatic heterocycles. The van der Waals surface area contributed by atoms with Crippen molar-refractivity contribution in [2.45, 2.75) is 0 Å². The molecule has 0 atom stereocenters. The number of para-hydroxylation sites is 2. The first-order valence-corrected chi connectivity index (χ1v) is 19.6. The van der Waals surface area contributed by atoms with Crippen molar-refractivity contribution in [3.63, 3.8) is 0 Å². The first-order valence-electron chi connectivity index (χ1n) is 17.3. The second kappa shape index (κ2) is 15.8. The fraction of sp³-hybridized carbons (Fsp3) is 0.